The summed E-state index contributed by atoms with van der Waals surface area (Å²) >= 11 is 7.54. The second-order valence-corrected chi connectivity index (χ2v) is 4.59. The maximum atomic E-state index is 5.80. The van der Waals surface area contributed by atoms with E-state index in [-0.39, 0.29) is 0 Å². The third-order valence-corrected chi connectivity index (χ3v) is 3.39. The largest absolute Gasteiger partial charge is 0.264 e. The van der Waals surface area contributed by atoms with E-state index in [0.717, 1.165) is 11.1 Å². The summed E-state index contributed by atoms with van der Waals surface area (Å²) in [6.45, 7) is 0. The Bertz CT molecular complexity index is 439. The average Bonchev–Trinajstić information content (AvgIpc) is 2.39. The van der Waals surface area contributed by atoms with Gasteiger partial charge in [0.25, 0.3) is 0 Å². The number of alkyl halides is 1. The van der Waals surface area contributed by atoms with Crippen molar-refractivity contribution in [3.8, 4) is 11.1 Å². The highest BCUT2D eigenvalue weighted by Crippen LogP contribution is 2.24. The number of hydrogen-bond donors (Lipinski definition) is 0. The monoisotopic (exact) mass is 249 g/mol. The minimum atomic E-state index is 0.503. The van der Waals surface area contributed by atoms with Gasteiger partial charge in [-0.05, 0) is 35.6 Å². The highest BCUT2D eigenvalue weighted by molar-refractivity contribution is 7.98. The Labute approximate surface area is 105 Å². The zero-order valence-corrected chi connectivity index (χ0v) is 10.6. The van der Waals surface area contributed by atoms with E-state index < -0.39 is 0 Å². The molecule has 0 fully saturated rings. The number of pyridine rings is 1. The molecule has 0 aliphatic rings. The van der Waals surface area contributed by atoms with Gasteiger partial charge in [0.1, 0.15) is 0 Å². The van der Waals surface area contributed by atoms with Crippen LogP contribution in [0.15, 0.2) is 47.6 Å². The van der Waals surface area contributed by atoms with Crippen molar-refractivity contribution in [3.05, 3.63) is 48.3 Å². The Morgan fingerprint density at radius 1 is 1.19 bits per heavy atom. The van der Waals surface area contributed by atoms with Crippen LogP contribution in [0, 0.1) is 0 Å². The zero-order valence-electron chi connectivity index (χ0n) is 8.98. The molecule has 1 aromatic carbocycles. The predicted molar refractivity (Wildman–Crippen MR) is 71.0 cm³/mol. The topological polar surface area (TPSA) is 12.9 Å². The van der Waals surface area contributed by atoms with Gasteiger partial charge in [-0.1, -0.05) is 12.1 Å². The molecule has 0 N–H and O–H groups in total. The molecule has 1 heterocycles. The first kappa shape index (κ1) is 11.5. The number of nitrogens with zero attached hydrogens (tertiary/aromatic N) is 1. The molecule has 0 atom stereocenters. The Kier molecular flexibility index (Phi) is 3.86. The predicted octanol–water partition coefficient (Wildman–Crippen LogP) is 4.21. The molecular formula is C13H12ClNS. The first-order valence-electron chi connectivity index (χ1n) is 4.98. The fraction of sp³-hybridized carbons (Fsp3) is 0.154. The van der Waals surface area contributed by atoms with Crippen molar-refractivity contribution in [2.75, 3.05) is 6.26 Å². The van der Waals surface area contributed by atoms with E-state index >= 15 is 0 Å². The second-order valence-electron chi connectivity index (χ2n) is 3.45. The molecular weight excluding hydrogens is 238 g/mol. The van der Waals surface area contributed by atoms with Gasteiger partial charge in [-0.15, -0.1) is 23.4 Å². The Morgan fingerprint density at radius 3 is 2.81 bits per heavy atom. The average molecular weight is 250 g/mol. The highest BCUT2D eigenvalue weighted by atomic mass is 35.5. The van der Waals surface area contributed by atoms with Gasteiger partial charge in [0, 0.05) is 28.7 Å². The SMILES string of the molecule is CSc1cccc(-c2cncc(CCl)c2)c1. The Morgan fingerprint density at radius 2 is 2.06 bits per heavy atom. The van der Waals surface area contributed by atoms with Crippen LogP contribution in [0.25, 0.3) is 11.1 Å². The summed E-state index contributed by atoms with van der Waals surface area (Å²) in [6, 6.07) is 10.5. The van der Waals surface area contributed by atoms with Crippen LogP contribution in [-0.2, 0) is 5.88 Å². The van der Waals surface area contributed by atoms with Gasteiger partial charge >= 0.3 is 0 Å². The van der Waals surface area contributed by atoms with Crippen LogP contribution in [0.5, 0.6) is 0 Å². The number of aromatic nitrogens is 1. The van der Waals surface area contributed by atoms with Crippen molar-refractivity contribution in [2.24, 2.45) is 0 Å². The smallest absolute Gasteiger partial charge is 0.0489 e. The first-order valence-corrected chi connectivity index (χ1v) is 6.73. The number of benzene rings is 1. The number of halogens is 1. The van der Waals surface area contributed by atoms with Crippen LogP contribution in [-0.4, -0.2) is 11.2 Å². The minimum Gasteiger partial charge on any atom is -0.264 e. The lowest BCUT2D eigenvalue weighted by molar-refractivity contribution is 1.25. The van der Waals surface area contributed by atoms with E-state index in [2.05, 4.69) is 41.6 Å². The van der Waals surface area contributed by atoms with Crippen LogP contribution >= 0.6 is 23.4 Å². The van der Waals surface area contributed by atoms with E-state index in [1.165, 1.54) is 10.5 Å². The van der Waals surface area contributed by atoms with Crippen molar-refractivity contribution >= 4 is 23.4 Å². The molecule has 1 nitrogen and oxygen atoms in total. The lowest BCUT2D eigenvalue weighted by atomic mass is 10.1. The fourth-order valence-electron chi connectivity index (χ4n) is 1.52. The molecule has 1 aromatic heterocycles. The van der Waals surface area contributed by atoms with Gasteiger partial charge in [0.15, 0.2) is 0 Å². The molecule has 0 aliphatic heterocycles. The van der Waals surface area contributed by atoms with E-state index in [4.69, 9.17) is 11.6 Å². The molecule has 2 rings (SSSR count). The Hall–Kier alpha value is -0.990. The number of rotatable bonds is 3. The van der Waals surface area contributed by atoms with Crippen molar-refractivity contribution in [2.45, 2.75) is 10.8 Å². The van der Waals surface area contributed by atoms with Crippen molar-refractivity contribution < 1.29 is 0 Å². The van der Waals surface area contributed by atoms with Gasteiger partial charge in [0.2, 0.25) is 0 Å². The van der Waals surface area contributed by atoms with Gasteiger partial charge in [-0.3, -0.25) is 4.98 Å². The van der Waals surface area contributed by atoms with Crippen molar-refractivity contribution in [1.29, 1.82) is 0 Å². The van der Waals surface area contributed by atoms with E-state index in [0.29, 0.717) is 5.88 Å². The quantitative estimate of drug-likeness (QED) is 0.597. The van der Waals surface area contributed by atoms with Crippen LogP contribution in [0.1, 0.15) is 5.56 Å². The van der Waals surface area contributed by atoms with Crippen LogP contribution < -0.4 is 0 Å². The summed E-state index contributed by atoms with van der Waals surface area (Å²) in [5, 5.41) is 0. The van der Waals surface area contributed by atoms with Gasteiger partial charge in [0.05, 0.1) is 0 Å². The third kappa shape index (κ3) is 2.57. The lowest BCUT2D eigenvalue weighted by Crippen LogP contribution is -1.85. The molecule has 0 unspecified atom stereocenters. The summed E-state index contributed by atoms with van der Waals surface area (Å²) in [4.78, 5) is 5.45. The molecule has 0 bridgehead atoms. The van der Waals surface area contributed by atoms with Crippen molar-refractivity contribution in [3.63, 3.8) is 0 Å². The minimum absolute atomic E-state index is 0.503. The molecule has 2 aromatic rings. The molecule has 82 valence electrons. The fourth-order valence-corrected chi connectivity index (χ4v) is 2.13. The molecule has 0 spiro atoms. The molecule has 0 amide bonds. The first-order chi connectivity index (χ1) is 7.83. The number of hydrogen-bond acceptors (Lipinski definition) is 2. The zero-order chi connectivity index (χ0) is 11.4. The molecule has 16 heavy (non-hydrogen) atoms. The summed E-state index contributed by atoms with van der Waals surface area (Å²) in [7, 11) is 0. The second kappa shape index (κ2) is 5.37. The maximum absolute atomic E-state index is 5.80. The van der Waals surface area contributed by atoms with Crippen LogP contribution in [0.4, 0.5) is 0 Å². The molecule has 0 aliphatic carbocycles. The van der Waals surface area contributed by atoms with Crippen LogP contribution in [0.3, 0.4) is 0 Å². The number of thioether (sulfide) groups is 1. The summed E-state index contributed by atoms with van der Waals surface area (Å²) in [5.74, 6) is 0.503. The van der Waals surface area contributed by atoms with Gasteiger partial charge < -0.3 is 0 Å². The standard InChI is InChI=1S/C13H12ClNS/c1-16-13-4-2-3-11(6-13)12-5-10(7-14)8-15-9-12/h2-6,8-9H,7H2,1H3. The molecule has 3 heteroatoms. The van der Waals surface area contributed by atoms with Gasteiger partial charge in [-0.2, -0.15) is 0 Å². The maximum Gasteiger partial charge on any atom is 0.0489 e. The van der Waals surface area contributed by atoms with Crippen molar-refractivity contribution in [1.82, 2.24) is 4.98 Å². The highest BCUT2D eigenvalue weighted by Gasteiger charge is 2.00. The van der Waals surface area contributed by atoms with E-state index in [1.807, 2.05) is 6.20 Å². The summed E-state index contributed by atoms with van der Waals surface area (Å²) in [5.41, 5.74) is 3.36. The molecule has 0 radical (unpaired) electrons. The van der Waals surface area contributed by atoms with Crippen LogP contribution in [0.2, 0.25) is 0 Å². The third-order valence-electron chi connectivity index (χ3n) is 2.35. The molecule has 0 saturated heterocycles. The van der Waals surface area contributed by atoms with E-state index in [1.54, 1.807) is 18.0 Å². The summed E-state index contributed by atoms with van der Waals surface area (Å²) in [6.07, 6.45) is 5.75. The normalized spacial score (nSPS) is 10.4. The lowest BCUT2D eigenvalue weighted by Gasteiger charge is -2.04. The Balaban J connectivity index is 2.41. The van der Waals surface area contributed by atoms with Gasteiger partial charge in [-0.25, -0.2) is 0 Å². The summed E-state index contributed by atoms with van der Waals surface area (Å²) < 4.78 is 0. The molecule has 0 saturated carbocycles. The van der Waals surface area contributed by atoms with E-state index in [9.17, 15) is 0 Å².